The van der Waals surface area contributed by atoms with Gasteiger partial charge in [0.2, 0.25) is 0 Å². The van der Waals surface area contributed by atoms with Gasteiger partial charge in [0.1, 0.15) is 0 Å². The number of aromatic amines is 1. The molecule has 1 fully saturated rings. The maximum Gasteiger partial charge on any atom is 0.335 e. The highest BCUT2D eigenvalue weighted by Crippen LogP contribution is 2.43. The number of carboxylic acids is 1. The van der Waals surface area contributed by atoms with Gasteiger partial charge in [-0.15, -0.1) is 11.3 Å². The highest BCUT2D eigenvalue weighted by molar-refractivity contribution is 7.13. The first-order chi connectivity index (χ1) is 11.2. The molecule has 0 amide bonds. The molecule has 0 unspecified atom stereocenters. The lowest BCUT2D eigenvalue weighted by Gasteiger charge is -2.22. The minimum atomic E-state index is -0.876. The number of H-pyrrole nitrogens is 1. The van der Waals surface area contributed by atoms with E-state index in [1.54, 1.807) is 23.5 Å². The van der Waals surface area contributed by atoms with Crippen molar-refractivity contribution in [1.29, 1.82) is 0 Å². The van der Waals surface area contributed by atoms with Gasteiger partial charge in [0, 0.05) is 10.9 Å². The molecule has 3 nitrogen and oxygen atoms in total. The van der Waals surface area contributed by atoms with E-state index >= 15 is 0 Å². The fourth-order valence-electron chi connectivity index (χ4n) is 3.78. The van der Waals surface area contributed by atoms with Crippen molar-refractivity contribution >= 4 is 28.2 Å². The second-order valence-electron chi connectivity index (χ2n) is 6.29. The van der Waals surface area contributed by atoms with Gasteiger partial charge in [-0.1, -0.05) is 31.4 Å². The Morgan fingerprint density at radius 3 is 2.70 bits per heavy atom. The summed E-state index contributed by atoms with van der Waals surface area (Å²) in [4.78, 5) is 16.0. The molecule has 2 N–H and O–H groups in total. The van der Waals surface area contributed by atoms with Crippen LogP contribution in [0.5, 0.6) is 0 Å². The SMILES string of the molecule is O=C(O)c1ccc2c(C3CCCCC3)c(-c3cccs3)[nH]c2c1. The van der Waals surface area contributed by atoms with Crippen LogP contribution in [0.3, 0.4) is 0 Å². The Morgan fingerprint density at radius 2 is 2.00 bits per heavy atom. The summed E-state index contributed by atoms with van der Waals surface area (Å²) < 4.78 is 0. The third-order valence-corrected chi connectivity index (χ3v) is 5.75. The predicted octanol–water partition coefficient (Wildman–Crippen LogP) is 5.64. The molecule has 0 aliphatic heterocycles. The largest absolute Gasteiger partial charge is 0.478 e. The van der Waals surface area contributed by atoms with Crippen LogP contribution in [0.1, 0.15) is 53.9 Å². The highest BCUT2D eigenvalue weighted by Gasteiger charge is 2.24. The maximum atomic E-state index is 11.3. The molecule has 23 heavy (non-hydrogen) atoms. The van der Waals surface area contributed by atoms with Gasteiger partial charge < -0.3 is 10.1 Å². The second kappa shape index (κ2) is 5.85. The lowest BCUT2D eigenvalue weighted by molar-refractivity contribution is 0.0697. The van der Waals surface area contributed by atoms with E-state index in [9.17, 15) is 9.90 Å². The van der Waals surface area contributed by atoms with Crippen molar-refractivity contribution < 1.29 is 9.90 Å². The van der Waals surface area contributed by atoms with Gasteiger partial charge in [0.25, 0.3) is 0 Å². The summed E-state index contributed by atoms with van der Waals surface area (Å²) in [5, 5.41) is 12.5. The highest BCUT2D eigenvalue weighted by atomic mass is 32.1. The molecule has 1 saturated carbocycles. The molecular formula is C19H19NO2S. The minimum absolute atomic E-state index is 0.340. The Balaban J connectivity index is 1.92. The van der Waals surface area contributed by atoms with Crippen LogP contribution in [-0.4, -0.2) is 16.1 Å². The van der Waals surface area contributed by atoms with E-state index in [-0.39, 0.29) is 0 Å². The minimum Gasteiger partial charge on any atom is -0.478 e. The zero-order valence-electron chi connectivity index (χ0n) is 12.8. The first kappa shape index (κ1) is 14.5. The van der Waals surface area contributed by atoms with Gasteiger partial charge in [-0.25, -0.2) is 4.79 Å². The van der Waals surface area contributed by atoms with Crippen molar-refractivity contribution in [1.82, 2.24) is 4.98 Å². The summed E-state index contributed by atoms with van der Waals surface area (Å²) in [7, 11) is 0. The maximum absolute atomic E-state index is 11.3. The molecule has 0 bridgehead atoms. The fourth-order valence-corrected chi connectivity index (χ4v) is 4.52. The summed E-state index contributed by atoms with van der Waals surface area (Å²) in [5.41, 5.74) is 3.85. The molecule has 1 aliphatic rings. The van der Waals surface area contributed by atoms with E-state index in [2.05, 4.69) is 22.5 Å². The number of hydrogen-bond donors (Lipinski definition) is 2. The third kappa shape index (κ3) is 2.57. The quantitative estimate of drug-likeness (QED) is 0.654. The van der Waals surface area contributed by atoms with Crippen molar-refractivity contribution in [3.63, 3.8) is 0 Å². The first-order valence-corrected chi connectivity index (χ1v) is 9.05. The van der Waals surface area contributed by atoms with Crippen LogP contribution in [0.2, 0.25) is 0 Å². The van der Waals surface area contributed by atoms with E-state index in [1.807, 2.05) is 6.07 Å². The van der Waals surface area contributed by atoms with Gasteiger partial charge in [-0.2, -0.15) is 0 Å². The van der Waals surface area contributed by atoms with Crippen LogP contribution < -0.4 is 0 Å². The van der Waals surface area contributed by atoms with E-state index in [0.717, 1.165) is 5.52 Å². The van der Waals surface area contributed by atoms with Crippen molar-refractivity contribution in [3.8, 4) is 10.6 Å². The number of aromatic carboxylic acids is 1. The number of nitrogens with one attached hydrogen (secondary N) is 1. The van der Waals surface area contributed by atoms with E-state index < -0.39 is 5.97 Å². The number of carbonyl (C=O) groups is 1. The zero-order valence-corrected chi connectivity index (χ0v) is 13.7. The van der Waals surface area contributed by atoms with Gasteiger partial charge in [0.15, 0.2) is 0 Å². The van der Waals surface area contributed by atoms with Crippen molar-refractivity contribution in [2.75, 3.05) is 0 Å². The van der Waals surface area contributed by atoms with Crippen molar-refractivity contribution in [2.24, 2.45) is 0 Å². The Morgan fingerprint density at radius 1 is 1.17 bits per heavy atom. The summed E-state index contributed by atoms with van der Waals surface area (Å²) in [6.07, 6.45) is 6.36. The Hall–Kier alpha value is -2.07. The number of carboxylic acid groups (broad SMARTS) is 1. The number of thiophene rings is 1. The third-order valence-electron chi connectivity index (χ3n) is 4.87. The second-order valence-corrected chi connectivity index (χ2v) is 7.24. The molecule has 1 aliphatic carbocycles. The van der Waals surface area contributed by atoms with Crippen LogP contribution in [0.25, 0.3) is 21.5 Å². The average molecular weight is 325 g/mol. The number of hydrogen-bond acceptors (Lipinski definition) is 2. The Labute approximate surface area is 139 Å². The molecule has 4 heteroatoms. The van der Waals surface area contributed by atoms with Crippen LogP contribution in [0, 0.1) is 0 Å². The molecule has 1 aromatic carbocycles. The van der Waals surface area contributed by atoms with Gasteiger partial charge in [0.05, 0.1) is 16.1 Å². The number of aromatic nitrogens is 1. The van der Waals surface area contributed by atoms with Crippen LogP contribution in [0.4, 0.5) is 0 Å². The Kier molecular flexibility index (Phi) is 3.69. The fraction of sp³-hybridized carbons (Fsp3) is 0.316. The molecule has 3 aromatic rings. The van der Waals surface area contributed by atoms with Gasteiger partial charge in [-0.3, -0.25) is 0 Å². The smallest absolute Gasteiger partial charge is 0.335 e. The van der Waals surface area contributed by atoms with Crippen molar-refractivity contribution in [3.05, 3.63) is 46.8 Å². The summed E-state index contributed by atoms with van der Waals surface area (Å²) in [6.45, 7) is 0. The molecule has 0 saturated heterocycles. The molecule has 0 radical (unpaired) electrons. The topological polar surface area (TPSA) is 53.1 Å². The van der Waals surface area contributed by atoms with Crippen LogP contribution in [-0.2, 0) is 0 Å². The van der Waals surface area contributed by atoms with E-state index in [1.165, 1.54) is 53.6 Å². The predicted molar refractivity (Wildman–Crippen MR) is 94.4 cm³/mol. The Bertz CT molecular complexity index is 842. The van der Waals surface area contributed by atoms with E-state index in [0.29, 0.717) is 11.5 Å². The molecular weight excluding hydrogens is 306 g/mol. The molecule has 0 spiro atoms. The summed E-state index contributed by atoms with van der Waals surface area (Å²) >= 11 is 1.73. The lowest BCUT2D eigenvalue weighted by Crippen LogP contribution is -2.05. The molecule has 0 atom stereocenters. The summed E-state index contributed by atoms with van der Waals surface area (Å²) in [5.74, 6) is -0.302. The first-order valence-electron chi connectivity index (χ1n) is 8.17. The van der Waals surface area contributed by atoms with Gasteiger partial charge >= 0.3 is 5.97 Å². The number of fused-ring (bicyclic) bond motifs is 1. The number of rotatable bonds is 3. The molecule has 2 heterocycles. The average Bonchev–Trinajstić information content (AvgIpc) is 3.22. The monoisotopic (exact) mass is 325 g/mol. The summed E-state index contributed by atoms with van der Waals surface area (Å²) in [6, 6.07) is 9.68. The van der Waals surface area contributed by atoms with Crippen LogP contribution >= 0.6 is 11.3 Å². The van der Waals surface area contributed by atoms with Gasteiger partial charge in [-0.05, 0) is 47.9 Å². The molecule has 118 valence electrons. The lowest BCUT2D eigenvalue weighted by atomic mass is 9.82. The normalized spacial score (nSPS) is 16.0. The van der Waals surface area contributed by atoms with Crippen molar-refractivity contribution in [2.45, 2.75) is 38.0 Å². The number of benzene rings is 1. The zero-order chi connectivity index (χ0) is 15.8. The standard InChI is InChI=1S/C19H19NO2S/c21-19(22)13-8-9-14-15(11-13)20-18(16-7-4-10-23-16)17(14)12-5-2-1-3-6-12/h4,7-12,20H,1-3,5-6H2,(H,21,22). The molecule has 2 aromatic heterocycles. The molecule has 4 rings (SSSR count). The van der Waals surface area contributed by atoms with E-state index in [4.69, 9.17) is 0 Å². The van der Waals surface area contributed by atoms with Crippen LogP contribution in [0.15, 0.2) is 35.7 Å².